The van der Waals surface area contributed by atoms with E-state index in [0.29, 0.717) is 11.4 Å². The van der Waals surface area contributed by atoms with Gasteiger partial charge in [0.1, 0.15) is 5.58 Å². The molecule has 1 N–H and O–H groups in total. The molecule has 0 atom stereocenters. The number of aromatic amines is 1. The van der Waals surface area contributed by atoms with Gasteiger partial charge in [-0.1, -0.05) is 15.9 Å². The molecule has 3 nitrogen and oxygen atoms in total. The molecule has 0 bridgehead atoms. The predicted molar refractivity (Wildman–Crippen MR) is 61.2 cm³/mol. The molecule has 3 rings (SSSR count). The first kappa shape index (κ1) is 8.73. The molecule has 0 aliphatic rings. The third kappa shape index (κ3) is 1.22. The number of hydrogen-bond acceptors (Lipinski definition) is 2. The molecule has 0 aliphatic carbocycles. The third-order valence-corrected chi connectivity index (χ3v) is 2.87. The van der Waals surface area contributed by atoms with Crippen molar-refractivity contribution >= 4 is 44.3 Å². The Balaban J connectivity index is 2.47. The SMILES string of the molecule is O=Cc1cc2c([nH]1)oc1ccc(Br)cc12. The number of halogens is 1. The van der Waals surface area contributed by atoms with E-state index in [-0.39, 0.29) is 0 Å². The van der Waals surface area contributed by atoms with Crippen molar-refractivity contribution in [1.29, 1.82) is 0 Å². The van der Waals surface area contributed by atoms with Crippen LogP contribution in [0.4, 0.5) is 0 Å². The second-order valence-electron chi connectivity index (χ2n) is 3.33. The number of benzene rings is 1. The number of rotatable bonds is 1. The molecule has 74 valence electrons. The fraction of sp³-hybridized carbons (Fsp3) is 0. The zero-order valence-electron chi connectivity index (χ0n) is 7.58. The number of aldehydes is 1. The van der Waals surface area contributed by atoms with E-state index >= 15 is 0 Å². The van der Waals surface area contributed by atoms with E-state index < -0.39 is 0 Å². The number of aromatic nitrogens is 1. The number of fused-ring (bicyclic) bond motifs is 3. The lowest BCUT2D eigenvalue weighted by Crippen LogP contribution is -1.74. The van der Waals surface area contributed by atoms with Crippen LogP contribution in [0.5, 0.6) is 0 Å². The van der Waals surface area contributed by atoms with Gasteiger partial charge in [-0.25, -0.2) is 0 Å². The molecule has 0 saturated carbocycles. The van der Waals surface area contributed by atoms with Gasteiger partial charge in [0.2, 0.25) is 5.71 Å². The summed E-state index contributed by atoms with van der Waals surface area (Å²) in [6, 6.07) is 7.59. The van der Waals surface area contributed by atoms with Gasteiger partial charge in [0.25, 0.3) is 0 Å². The maximum absolute atomic E-state index is 10.6. The van der Waals surface area contributed by atoms with Crippen LogP contribution in [-0.2, 0) is 0 Å². The van der Waals surface area contributed by atoms with Gasteiger partial charge < -0.3 is 9.40 Å². The van der Waals surface area contributed by atoms with Crippen LogP contribution < -0.4 is 0 Å². The Morgan fingerprint density at radius 1 is 1.27 bits per heavy atom. The van der Waals surface area contributed by atoms with E-state index in [1.807, 2.05) is 18.2 Å². The van der Waals surface area contributed by atoms with Crippen molar-refractivity contribution in [1.82, 2.24) is 4.98 Å². The molecule has 0 radical (unpaired) electrons. The third-order valence-electron chi connectivity index (χ3n) is 2.37. The fourth-order valence-electron chi connectivity index (χ4n) is 1.71. The highest BCUT2D eigenvalue weighted by atomic mass is 79.9. The molecule has 0 spiro atoms. The summed E-state index contributed by atoms with van der Waals surface area (Å²) in [6.07, 6.45) is 0.777. The summed E-state index contributed by atoms with van der Waals surface area (Å²) >= 11 is 3.41. The minimum absolute atomic E-state index is 0.533. The minimum Gasteiger partial charge on any atom is -0.440 e. The topological polar surface area (TPSA) is 46.0 Å². The summed E-state index contributed by atoms with van der Waals surface area (Å²) in [5.74, 6) is 0. The van der Waals surface area contributed by atoms with Gasteiger partial charge in [0.05, 0.1) is 5.69 Å². The van der Waals surface area contributed by atoms with Crippen molar-refractivity contribution in [3.05, 3.63) is 34.4 Å². The minimum atomic E-state index is 0.533. The van der Waals surface area contributed by atoms with Gasteiger partial charge in [0, 0.05) is 15.2 Å². The zero-order valence-corrected chi connectivity index (χ0v) is 9.17. The standard InChI is InChI=1S/C11H6BrNO2/c12-6-1-2-10-8(3-6)9-4-7(5-14)13-11(9)15-10/h1-5,13H. The van der Waals surface area contributed by atoms with Gasteiger partial charge in [-0.3, -0.25) is 4.79 Å². The highest BCUT2D eigenvalue weighted by molar-refractivity contribution is 9.10. The summed E-state index contributed by atoms with van der Waals surface area (Å²) in [6.45, 7) is 0. The molecule has 15 heavy (non-hydrogen) atoms. The summed E-state index contributed by atoms with van der Waals surface area (Å²) < 4.78 is 6.55. The number of H-pyrrole nitrogens is 1. The fourth-order valence-corrected chi connectivity index (χ4v) is 2.07. The van der Waals surface area contributed by atoms with Crippen molar-refractivity contribution in [2.45, 2.75) is 0 Å². The van der Waals surface area contributed by atoms with Gasteiger partial charge in [-0.15, -0.1) is 0 Å². The van der Waals surface area contributed by atoms with Gasteiger partial charge in [0.15, 0.2) is 6.29 Å². The van der Waals surface area contributed by atoms with Crippen LogP contribution in [0, 0.1) is 0 Å². The molecule has 0 amide bonds. The number of carbonyl (C=O) groups is 1. The first-order chi connectivity index (χ1) is 7.28. The number of carbonyl (C=O) groups excluding carboxylic acids is 1. The van der Waals surface area contributed by atoms with E-state index in [0.717, 1.165) is 27.1 Å². The predicted octanol–water partition coefficient (Wildman–Crippen LogP) is 3.49. The Kier molecular flexibility index (Phi) is 1.73. The van der Waals surface area contributed by atoms with Crippen molar-refractivity contribution in [3.8, 4) is 0 Å². The molecular formula is C11H6BrNO2. The monoisotopic (exact) mass is 263 g/mol. The molecule has 4 heteroatoms. The highest BCUT2D eigenvalue weighted by Gasteiger charge is 2.09. The Hall–Kier alpha value is -1.55. The van der Waals surface area contributed by atoms with Crippen molar-refractivity contribution in [3.63, 3.8) is 0 Å². The maximum Gasteiger partial charge on any atom is 0.206 e. The van der Waals surface area contributed by atoms with Crippen molar-refractivity contribution in [2.24, 2.45) is 0 Å². The second kappa shape index (κ2) is 2.97. The summed E-state index contributed by atoms with van der Waals surface area (Å²) in [4.78, 5) is 13.5. The Morgan fingerprint density at radius 2 is 2.13 bits per heavy atom. The zero-order chi connectivity index (χ0) is 10.4. The van der Waals surface area contributed by atoms with Crippen LogP contribution in [0.25, 0.3) is 22.1 Å². The summed E-state index contributed by atoms with van der Waals surface area (Å²) in [7, 11) is 0. The van der Waals surface area contributed by atoms with Crippen LogP contribution in [0.15, 0.2) is 33.2 Å². The summed E-state index contributed by atoms with van der Waals surface area (Å²) in [5, 5.41) is 1.94. The van der Waals surface area contributed by atoms with E-state index in [1.165, 1.54) is 0 Å². The molecule has 0 saturated heterocycles. The van der Waals surface area contributed by atoms with Crippen LogP contribution in [0.1, 0.15) is 10.5 Å². The number of nitrogens with one attached hydrogen (secondary N) is 1. The maximum atomic E-state index is 10.6. The number of hydrogen-bond donors (Lipinski definition) is 1. The average molecular weight is 264 g/mol. The molecule has 2 aromatic heterocycles. The lowest BCUT2D eigenvalue weighted by molar-refractivity contribution is 0.111. The molecule has 0 unspecified atom stereocenters. The van der Waals surface area contributed by atoms with E-state index in [4.69, 9.17) is 4.42 Å². The molecular weight excluding hydrogens is 258 g/mol. The molecule has 0 aliphatic heterocycles. The smallest absolute Gasteiger partial charge is 0.206 e. The van der Waals surface area contributed by atoms with E-state index in [1.54, 1.807) is 6.07 Å². The Bertz CT molecular complexity index is 666. The van der Waals surface area contributed by atoms with Gasteiger partial charge >= 0.3 is 0 Å². The van der Waals surface area contributed by atoms with Crippen LogP contribution in [-0.4, -0.2) is 11.3 Å². The van der Waals surface area contributed by atoms with Crippen molar-refractivity contribution in [2.75, 3.05) is 0 Å². The van der Waals surface area contributed by atoms with Gasteiger partial charge in [-0.05, 0) is 24.3 Å². The van der Waals surface area contributed by atoms with Crippen molar-refractivity contribution < 1.29 is 9.21 Å². The first-order valence-corrected chi connectivity index (χ1v) is 5.23. The second-order valence-corrected chi connectivity index (χ2v) is 4.24. The quantitative estimate of drug-likeness (QED) is 0.684. The Morgan fingerprint density at radius 3 is 2.93 bits per heavy atom. The molecule has 2 heterocycles. The van der Waals surface area contributed by atoms with E-state index in [2.05, 4.69) is 20.9 Å². The molecule has 0 fully saturated rings. The van der Waals surface area contributed by atoms with Crippen LogP contribution >= 0.6 is 15.9 Å². The lowest BCUT2D eigenvalue weighted by Gasteiger charge is -1.89. The molecule has 3 aromatic rings. The largest absolute Gasteiger partial charge is 0.440 e. The van der Waals surface area contributed by atoms with Gasteiger partial charge in [-0.2, -0.15) is 0 Å². The highest BCUT2D eigenvalue weighted by Crippen LogP contribution is 2.30. The van der Waals surface area contributed by atoms with Crippen LogP contribution in [0.3, 0.4) is 0 Å². The first-order valence-electron chi connectivity index (χ1n) is 4.44. The van der Waals surface area contributed by atoms with E-state index in [9.17, 15) is 4.79 Å². The average Bonchev–Trinajstić information content (AvgIpc) is 2.75. The van der Waals surface area contributed by atoms with Crippen LogP contribution in [0.2, 0.25) is 0 Å². The number of furan rings is 1. The summed E-state index contributed by atoms with van der Waals surface area (Å²) in [5.41, 5.74) is 1.99. The lowest BCUT2D eigenvalue weighted by atomic mass is 10.2. The molecule has 1 aromatic carbocycles. The Labute approximate surface area is 93.2 Å². The normalized spacial score (nSPS) is 11.3.